The van der Waals surface area contributed by atoms with E-state index in [-0.39, 0.29) is 5.04 Å². The van der Waals surface area contributed by atoms with Crippen molar-refractivity contribution in [3.8, 4) is 5.75 Å². The monoisotopic (exact) mass is 321 g/mol. The molecular formula is C18H31NO2Si. The van der Waals surface area contributed by atoms with Crippen molar-refractivity contribution in [3.63, 3.8) is 0 Å². The Labute approximate surface area is 136 Å². The molecule has 0 aliphatic carbocycles. The average molecular weight is 322 g/mol. The maximum Gasteiger partial charge on any atom is 0.250 e. The van der Waals surface area contributed by atoms with E-state index in [0.717, 1.165) is 12.0 Å². The van der Waals surface area contributed by atoms with Crippen LogP contribution in [0.25, 0.3) is 0 Å². The first kappa shape index (κ1) is 18.9. The molecule has 0 spiro atoms. The summed E-state index contributed by atoms with van der Waals surface area (Å²) in [7, 11) is -1.80. The van der Waals surface area contributed by atoms with Gasteiger partial charge in [-0.05, 0) is 56.2 Å². The van der Waals surface area contributed by atoms with Crippen molar-refractivity contribution >= 4 is 14.6 Å². The molecule has 0 aromatic heterocycles. The lowest BCUT2D eigenvalue weighted by atomic mass is 10.2. The predicted octanol–water partition coefficient (Wildman–Crippen LogP) is 4.64. The van der Waals surface area contributed by atoms with Gasteiger partial charge in [0.15, 0.2) is 0 Å². The second kappa shape index (κ2) is 8.49. The molecule has 0 unspecified atom stereocenters. The number of hydrogen-bond acceptors (Lipinski definition) is 3. The van der Waals surface area contributed by atoms with E-state index < -0.39 is 8.32 Å². The molecule has 0 atom stereocenters. The van der Waals surface area contributed by atoms with Gasteiger partial charge in [0, 0.05) is 5.56 Å². The second-order valence-corrected chi connectivity index (χ2v) is 12.1. The number of carbonyl (C=O) groups excluding carboxylic acids is 1. The maximum atomic E-state index is 10.7. The van der Waals surface area contributed by atoms with Crippen molar-refractivity contribution in [3.05, 3.63) is 29.8 Å². The van der Waals surface area contributed by atoms with Gasteiger partial charge in [-0.3, -0.25) is 4.79 Å². The van der Waals surface area contributed by atoms with E-state index in [0.29, 0.717) is 5.56 Å². The third-order valence-electron chi connectivity index (χ3n) is 4.38. The predicted molar refractivity (Wildman–Crippen MR) is 96.4 cm³/mol. The van der Waals surface area contributed by atoms with Crippen LogP contribution in [0, 0.1) is 0 Å². The van der Waals surface area contributed by atoms with E-state index >= 15 is 0 Å². The Morgan fingerprint density at radius 1 is 1.14 bits per heavy atom. The first-order valence-corrected chi connectivity index (χ1v) is 11.1. The summed E-state index contributed by atoms with van der Waals surface area (Å²) in [5.74, 6) is 0.802. The lowest BCUT2D eigenvalue weighted by Crippen LogP contribution is -2.43. The van der Waals surface area contributed by atoms with Gasteiger partial charge in [-0.25, -0.2) is 0 Å². The van der Waals surface area contributed by atoms with Crippen LogP contribution in [0.15, 0.2) is 24.3 Å². The molecule has 22 heavy (non-hydrogen) atoms. The SMILES string of the molecule is C1CCNCC1.CC(C)(C)[Si](C)(C)Oc1cccc(C=O)c1. The number of rotatable bonds is 3. The summed E-state index contributed by atoms with van der Waals surface area (Å²) in [5.41, 5.74) is 0.663. The highest BCUT2D eigenvalue weighted by Crippen LogP contribution is 2.37. The van der Waals surface area contributed by atoms with Crippen LogP contribution in [0.3, 0.4) is 0 Å². The molecule has 1 aromatic carbocycles. The Kier molecular flexibility index (Phi) is 7.30. The summed E-state index contributed by atoms with van der Waals surface area (Å²) >= 11 is 0. The van der Waals surface area contributed by atoms with Gasteiger partial charge in [-0.1, -0.05) is 39.3 Å². The van der Waals surface area contributed by atoms with Gasteiger partial charge in [0.2, 0.25) is 8.32 Å². The Balaban J connectivity index is 0.000000335. The molecule has 1 aliphatic heterocycles. The number of hydrogen-bond donors (Lipinski definition) is 1. The molecule has 4 heteroatoms. The summed E-state index contributed by atoms with van der Waals surface area (Å²) in [6, 6.07) is 7.35. The minimum absolute atomic E-state index is 0.171. The second-order valence-electron chi connectivity index (χ2n) is 7.36. The quantitative estimate of drug-likeness (QED) is 0.651. The normalized spacial score (nSPS) is 15.5. The molecule has 1 saturated heterocycles. The number of carbonyl (C=O) groups is 1. The molecule has 0 radical (unpaired) electrons. The zero-order valence-corrected chi connectivity index (χ0v) is 15.7. The number of nitrogens with one attached hydrogen (secondary N) is 1. The fraction of sp³-hybridized carbons (Fsp3) is 0.611. The van der Waals surface area contributed by atoms with Crippen LogP contribution < -0.4 is 9.74 Å². The van der Waals surface area contributed by atoms with Crippen molar-refractivity contribution in [2.45, 2.75) is 58.2 Å². The van der Waals surface area contributed by atoms with E-state index in [9.17, 15) is 4.79 Å². The van der Waals surface area contributed by atoms with E-state index in [1.54, 1.807) is 12.1 Å². The van der Waals surface area contributed by atoms with Gasteiger partial charge in [0.25, 0.3) is 0 Å². The zero-order chi connectivity index (χ0) is 16.6. The van der Waals surface area contributed by atoms with Gasteiger partial charge in [0.05, 0.1) is 0 Å². The number of aldehydes is 1. The van der Waals surface area contributed by atoms with Crippen molar-refractivity contribution in [2.75, 3.05) is 13.1 Å². The van der Waals surface area contributed by atoms with Crippen LogP contribution in [-0.4, -0.2) is 27.7 Å². The van der Waals surface area contributed by atoms with Crippen molar-refractivity contribution in [2.24, 2.45) is 0 Å². The topological polar surface area (TPSA) is 38.3 Å². The third kappa shape index (κ3) is 6.32. The summed E-state index contributed by atoms with van der Waals surface area (Å²) < 4.78 is 6.09. The standard InChI is InChI=1S/C13H20O2Si.C5H11N/c1-13(2,3)16(4,5)15-12-8-6-7-11(9-12)10-14;1-2-4-6-5-3-1/h6-10H,1-5H3;6H,1-5H2. The van der Waals surface area contributed by atoms with Crippen LogP contribution >= 0.6 is 0 Å². The maximum absolute atomic E-state index is 10.7. The fourth-order valence-corrected chi connectivity index (χ4v) is 2.92. The lowest BCUT2D eigenvalue weighted by Gasteiger charge is -2.36. The largest absolute Gasteiger partial charge is 0.543 e. The molecule has 1 aliphatic rings. The molecule has 1 N–H and O–H groups in total. The van der Waals surface area contributed by atoms with Crippen molar-refractivity contribution < 1.29 is 9.22 Å². The fourth-order valence-electron chi connectivity index (χ4n) is 1.90. The molecular weight excluding hydrogens is 290 g/mol. The van der Waals surface area contributed by atoms with Crippen LogP contribution in [0.5, 0.6) is 5.75 Å². The highest BCUT2D eigenvalue weighted by atomic mass is 28.4. The zero-order valence-electron chi connectivity index (χ0n) is 14.7. The van der Waals surface area contributed by atoms with Crippen LogP contribution in [0.1, 0.15) is 50.4 Å². The molecule has 1 heterocycles. The average Bonchev–Trinajstić information content (AvgIpc) is 2.48. The molecule has 0 saturated carbocycles. The summed E-state index contributed by atoms with van der Waals surface area (Å²) in [4.78, 5) is 10.7. The molecule has 1 fully saturated rings. The van der Waals surface area contributed by atoms with Crippen molar-refractivity contribution in [1.29, 1.82) is 0 Å². The van der Waals surface area contributed by atoms with Gasteiger partial charge in [0.1, 0.15) is 12.0 Å². The van der Waals surface area contributed by atoms with E-state index in [4.69, 9.17) is 4.43 Å². The number of piperidine rings is 1. The minimum atomic E-state index is -1.80. The Hall–Kier alpha value is -1.13. The van der Waals surface area contributed by atoms with Crippen LogP contribution in [0.4, 0.5) is 0 Å². The van der Waals surface area contributed by atoms with E-state index in [1.165, 1.54) is 32.4 Å². The van der Waals surface area contributed by atoms with Crippen molar-refractivity contribution in [1.82, 2.24) is 5.32 Å². The minimum Gasteiger partial charge on any atom is -0.543 e. The first-order valence-electron chi connectivity index (χ1n) is 8.21. The van der Waals surface area contributed by atoms with Gasteiger partial charge in [-0.15, -0.1) is 0 Å². The van der Waals surface area contributed by atoms with E-state index in [1.807, 2.05) is 12.1 Å². The summed E-state index contributed by atoms with van der Waals surface area (Å²) in [5, 5.41) is 3.46. The van der Waals surface area contributed by atoms with Crippen LogP contribution in [0.2, 0.25) is 18.1 Å². The van der Waals surface area contributed by atoms with Gasteiger partial charge in [-0.2, -0.15) is 0 Å². The molecule has 124 valence electrons. The Morgan fingerprint density at radius 2 is 1.77 bits per heavy atom. The summed E-state index contributed by atoms with van der Waals surface area (Å²) in [6.45, 7) is 13.5. The highest BCUT2D eigenvalue weighted by Gasteiger charge is 2.38. The molecule has 0 amide bonds. The Bertz CT molecular complexity index is 451. The third-order valence-corrected chi connectivity index (χ3v) is 8.74. The Morgan fingerprint density at radius 3 is 2.18 bits per heavy atom. The smallest absolute Gasteiger partial charge is 0.250 e. The first-order chi connectivity index (χ1) is 10.3. The lowest BCUT2D eigenvalue weighted by molar-refractivity contribution is 0.112. The highest BCUT2D eigenvalue weighted by molar-refractivity contribution is 6.74. The molecule has 0 bridgehead atoms. The van der Waals surface area contributed by atoms with Gasteiger partial charge >= 0.3 is 0 Å². The molecule has 1 aromatic rings. The van der Waals surface area contributed by atoms with Crippen LogP contribution in [-0.2, 0) is 0 Å². The van der Waals surface area contributed by atoms with Gasteiger partial charge < -0.3 is 9.74 Å². The summed E-state index contributed by atoms with van der Waals surface area (Å²) in [6.07, 6.45) is 5.06. The number of benzene rings is 1. The van der Waals surface area contributed by atoms with E-state index in [2.05, 4.69) is 39.2 Å². The molecule has 2 rings (SSSR count). The molecule has 3 nitrogen and oxygen atoms in total.